The minimum absolute atomic E-state index is 0.0486. The van der Waals surface area contributed by atoms with Gasteiger partial charge < -0.3 is 19.9 Å². The van der Waals surface area contributed by atoms with Crippen molar-refractivity contribution in [3.8, 4) is 5.88 Å². The van der Waals surface area contributed by atoms with E-state index in [9.17, 15) is 14.4 Å². The van der Waals surface area contributed by atoms with Crippen LogP contribution in [-0.2, 0) is 9.59 Å². The zero-order chi connectivity index (χ0) is 23.2. The minimum atomic E-state index is -0.313. The summed E-state index contributed by atoms with van der Waals surface area (Å²) in [7, 11) is 1.53. The Morgan fingerprint density at radius 2 is 1.85 bits per heavy atom. The lowest BCUT2D eigenvalue weighted by atomic mass is 10.0. The number of hydrogen-bond acceptors (Lipinski definition) is 5. The number of rotatable bonds is 4. The summed E-state index contributed by atoms with van der Waals surface area (Å²) in [5.41, 5.74) is 1.42. The van der Waals surface area contributed by atoms with Gasteiger partial charge in [-0.2, -0.15) is 0 Å². The Hall–Kier alpha value is -3.42. The summed E-state index contributed by atoms with van der Waals surface area (Å²) >= 11 is 0. The van der Waals surface area contributed by atoms with Gasteiger partial charge in [0.2, 0.25) is 17.7 Å². The summed E-state index contributed by atoms with van der Waals surface area (Å²) < 4.78 is 5.07. The monoisotopic (exact) mass is 450 g/mol. The fourth-order valence-electron chi connectivity index (χ4n) is 4.20. The van der Waals surface area contributed by atoms with Crippen LogP contribution in [0.3, 0.4) is 0 Å². The second-order valence-corrected chi connectivity index (χ2v) is 8.52. The van der Waals surface area contributed by atoms with E-state index in [4.69, 9.17) is 4.74 Å². The number of amides is 3. The second kappa shape index (κ2) is 10.5. The van der Waals surface area contributed by atoms with Crippen LogP contribution in [0, 0.1) is 5.92 Å². The Kier molecular flexibility index (Phi) is 7.22. The fourth-order valence-corrected chi connectivity index (χ4v) is 4.20. The third kappa shape index (κ3) is 5.69. The lowest BCUT2D eigenvalue weighted by Crippen LogP contribution is -2.39. The molecule has 2 aromatic rings. The third-order valence-corrected chi connectivity index (χ3v) is 6.16. The van der Waals surface area contributed by atoms with Crippen molar-refractivity contribution in [2.45, 2.75) is 31.7 Å². The van der Waals surface area contributed by atoms with Crippen LogP contribution in [0.15, 0.2) is 48.7 Å². The van der Waals surface area contributed by atoms with Gasteiger partial charge in [-0.05, 0) is 30.9 Å². The zero-order valence-corrected chi connectivity index (χ0v) is 18.9. The predicted octanol–water partition coefficient (Wildman–Crippen LogP) is 2.42. The molecule has 33 heavy (non-hydrogen) atoms. The maximum Gasteiger partial charge on any atom is 0.255 e. The predicted molar refractivity (Wildman–Crippen MR) is 123 cm³/mol. The van der Waals surface area contributed by atoms with E-state index in [1.165, 1.54) is 13.3 Å². The number of aromatic nitrogens is 1. The first-order valence-electron chi connectivity index (χ1n) is 11.5. The number of hydrogen-bond donors (Lipinski definition) is 1. The van der Waals surface area contributed by atoms with Crippen LogP contribution < -0.4 is 10.1 Å². The van der Waals surface area contributed by atoms with Crippen molar-refractivity contribution in [1.82, 2.24) is 20.1 Å². The van der Waals surface area contributed by atoms with E-state index in [2.05, 4.69) is 10.3 Å². The van der Waals surface area contributed by atoms with Crippen LogP contribution in [-0.4, -0.2) is 65.8 Å². The highest BCUT2D eigenvalue weighted by Crippen LogP contribution is 2.35. The lowest BCUT2D eigenvalue weighted by Gasteiger charge is -2.32. The van der Waals surface area contributed by atoms with Crippen LogP contribution >= 0.6 is 0 Å². The number of pyridine rings is 1. The van der Waals surface area contributed by atoms with Crippen molar-refractivity contribution in [3.63, 3.8) is 0 Å². The molecular weight excluding hydrogens is 420 g/mol. The van der Waals surface area contributed by atoms with Gasteiger partial charge >= 0.3 is 0 Å². The third-order valence-electron chi connectivity index (χ3n) is 6.16. The molecule has 8 heteroatoms. The van der Waals surface area contributed by atoms with Crippen LogP contribution in [0.1, 0.15) is 47.6 Å². The summed E-state index contributed by atoms with van der Waals surface area (Å²) in [5.74, 6) is 0.314. The van der Waals surface area contributed by atoms with E-state index in [0.717, 1.165) is 18.4 Å². The van der Waals surface area contributed by atoms with E-state index in [1.807, 2.05) is 35.2 Å². The Balaban J connectivity index is 1.54. The molecule has 174 valence electrons. The van der Waals surface area contributed by atoms with Gasteiger partial charge in [0.05, 0.1) is 25.1 Å². The largest absolute Gasteiger partial charge is 0.481 e. The summed E-state index contributed by atoms with van der Waals surface area (Å²) in [6.07, 6.45) is 4.14. The molecule has 2 fully saturated rings. The molecule has 1 N–H and O–H groups in total. The average Bonchev–Trinajstić information content (AvgIpc) is 3.69. The molecule has 1 unspecified atom stereocenters. The summed E-state index contributed by atoms with van der Waals surface area (Å²) in [6.45, 7) is 1.72. The molecule has 1 atom stereocenters. The summed E-state index contributed by atoms with van der Waals surface area (Å²) in [6, 6.07) is 12.8. The number of methoxy groups -OCH3 is 1. The van der Waals surface area contributed by atoms with Gasteiger partial charge in [0.25, 0.3) is 5.91 Å². The molecule has 0 spiro atoms. The first-order valence-corrected chi connectivity index (χ1v) is 11.5. The lowest BCUT2D eigenvalue weighted by molar-refractivity contribution is -0.136. The SMILES string of the molecule is COc1ccc(C(=O)N2CCCN(C(=O)C3CC3)C(c3ccccc3)CC(=O)NCC2)cn1. The highest BCUT2D eigenvalue weighted by molar-refractivity contribution is 5.94. The molecule has 0 radical (unpaired) electrons. The number of carbonyl (C=O) groups is 3. The second-order valence-electron chi connectivity index (χ2n) is 8.52. The van der Waals surface area contributed by atoms with Crippen LogP contribution in [0.2, 0.25) is 0 Å². The Bertz CT molecular complexity index is 976. The van der Waals surface area contributed by atoms with Gasteiger partial charge in [-0.3, -0.25) is 14.4 Å². The zero-order valence-electron chi connectivity index (χ0n) is 18.9. The maximum atomic E-state index is 13.2. The van der Waals surface area contributed by atoms with Gasteiger partial charge in [-0.15, -0.1) is 0 Å². The molecule has 1 aromatic heterocycles. The minimum Gasteiger partial charge on any atom is -0.481 e. The quantitative estimate of drug-likeness (QED) is 0.773. The van der Waals surface area contributed by atoms with E-state index in [1.54, 1.807) is 17.0 Å². The molecule has 0 bridgehead atoms. The fraction of sp³-hybridized carbons (Fsp3) is 0.440. The van der Waals surface area contributed by atoms with Crippen molar-refractivity contribution in [2.75, 3.05) is 33.3 Å². The molecular formula is C25H30N4O4. The van der Waals surface area contributed by atoms with E-state index < -0.39 is 0 Å². The molecule has 1 saturated carbocycles. The highest BCUT2D eigenvalue weighted by Gasteiger charge is 2.37. The van der Waals surface area contributed by atoms with Gasteiger partial charge in [-0.1, -0.05) is 30.3 Å². The van der Waals surface area contributed by atoms with Crippen LogP contribution in [0.4, 0.5) is 0 Å². The molecule has 2 aliphatic rings. The van der Waals surface area contributed by atoms with Gasteiger partial charge in [-0.25, -0.2) is 4.98 Å². The normalized spacial score (nSPS) is 19.9. The topological polar surface area (TPSA) is 91.8 Å². The molecule has 8 nitrogen and oxygen atoms in total. The summed E-state index contributed by atoms with van der Waals surface area (Å²) in [5, 5.41) is 2.93. The Morgan fingerprint density at radius 3 is 2.52 bits per heavy atom. The molecule has 2 heterocycles. The van der Waals surface area contributed by atoms with Crippen molar-refractivity contribution in [3.05, 3.63) is 59.8 Å². The summed E-state index contributed by atoms with van der Waals surface area (Å²) in [4.78, 5) is 46.8. The van der Waals surface area contributed by atoms with E-state index >= 15 is 0 Å². The number of nitrogens with zero attached hydrogens (tertiary/aromatic N) is 3. The van der Waals surface area contributed by atoms with E-state index in [-0.39, 0.29) is 36.1 Å². The standard InChI is InChI=1S/C25H30N4O4/c1-33-23-11-10-20(17-27-23)24(31)28-13-5-14-29(25(32)19-8-9-19)21(16-22(30)26-12-15-28)18-6-3-2-4-7-18/h2-4,6-7,10-11,17,19,21H,5,8-9,12-16H2,1H3,(H,26,30). The Morgan fingerprint density at radius 1 is 1.06 bits per heavy atom. The molecule has 1 saturated heterocycles. The van der Waals surface area contributed by atoms with Gasteiger partial charge in [0.15, 0.2) is 0 Å². The van der Waals surface area contributed by atoms with E-state index in [0.29, 0.717) is 44.0 Å². The maximum absolute atomic E-state index is 13.2. The first kappa shape index (κ1) is 22.8. The molecule has 4 rings (SSSR count). The van der Waals surface area contributed by atoms with Crippen LogP contribution in [0.5, 0.6) is 5.88 Å². The average molecular weight is 451 g/mol. The highest BCUT2D eigenvalue weighted by atomic mass is 16.5. The molecule has 1 aromatic carbocycles. The van der Waals surface area contributed by atoms with Crippen molar-refractivity contribution in [1.29, 1.82) is 0 Å². The first-order chi connectivity index (χ1) is 16.1. The molecule has 1 aliphatic heterocycles. The van der Waals surface area contributed by atoms with Gasteiger partial charge in [0, 0.05) is 44.4 Å². The number of benzene rings is 1. The van der Waals surface area contributed by atoms with Crippen molar-refractivity contribution < 1.29 is 19.1 Å². The Labute approximate surface area is 193 Å². The van der Waals surface area contributed by atoms with Crippen molar-refractivity contribution >= 4 is 17.7 Å². The molecule has 3 amide bonds. The smallest absolute Gasteiger partial charge is 0.255 e. The van der Waals surface area contributed by atoms with Crippen molar-refractivity contribution in [2.24, 2.45) is 5.92 Å². The van der Waals surface area contributed by atoms with Crippen LogP contribution in [0.25, 0.3) is 0 Å². The van der Waals surface area contributed by atoms with Gasteiger partial charge in [0.1, 0.15) is 0 Å². The number of nitrogens with one attached hydrogen (secondary N) is 1. The molecule has 1 aliphatic carbocycles. The number of carbonyl (C=O) groups excluding carboxylic acids is 3. The number of ether oxygens (including phenoxy) is 1.